The van der Waals surface area contributed by atoms with Crippen LogP contribution in [-0.2, 0) is 11.2 Å². The number of hydrogen-bond acceptors (Lipinski definition) is 6. The molecule has 3 N–H and O–H groups in total. The molecule has 3 rings (SSSR count). The first-order valence-electron chi connectivity index (χ1n) is 6.95. The lowest BCUT2D eigenvalue weighted by atomic mass is 10.0. The molecular formula is C14H17N5OS. The summed E-state index contributed by atoms with van der Waals surface area (Å²) in [5, 5.41) is 12.3. The summed E-state index contributed by atoms with van der Waals surface area (Å²) in [5.74, 6) is -0.0836. The Morgan fingerprint density at radius 3 is 2.86 bits per heavy atom. The van der Waals surface area contributed by atoms with Gasteiger partial charge in [0.15, 0.2) is 0 Å². The van der Waals surface area contributed by atoms with Crippen LogP contribution in [0.1, 0.15) is 30.0 Å². The largest absolute Gasteiger partial charge is 0.299 e. The summed E-state index contributed by atoms with van der Waals surface area (Å²) in [6.07, 6.45) is 1.53. The number of nitrogens with zero attached hydrogens (tertiary/aromatic N) is 2. The molecule has 2 aromatic rings. The minimum absolute atomic E-state index is 0.0836. The van der Waals surface area contributed by atoms with E-state index in [0.717, 1.165) is 11.4 Å². The molecule has 1 amide bonds. The zero-order chi connectivity index (χ0) is 14.7. The van der Waals surface area contributed by atoms with E-state index in [1.165, 1.54) is 16.9 Å². The van der Waals surface area contributed by atoms with Gasteiger partial charge in [-0.25, -0.2) is 10.9 Å². The van der Waals surface area contributed by atoms with Crippen LogP contribution in [-0.4, -0.2) is 22.1 Å². The first-order chi connectivity index (χ1) is 10.3. The number of nitrogens with one attached hydrogen (secondary N) is 3. The van der Waals surface area contributed by atoms with Gasteiger partial charge in [0.05, 0.1) is 0 Å². The molecule has 1 aromatic carbocycles. The summed E-state index contributed by atoms with van der Waals surface area (Å²) in [5.41, 5.74) is 7.37. The maximum Gasteiger partial charge on any atom is 0.244 e. The number of benzene rings is 1. The Kier molecular flexibility index (Phi) is 4.23. The van der Waals surface area contributed by atoms with Crippen molar-refractivity contribution in [1.29, 1.82) is 0 Å². The minimum atomic E-state index is -0.274. The van der Waals surface area contributed by atoms with Crippen molar-refractivity contribution in [3.63, 3.8) is 0 Å². The van der Waals surface area contributed by atoms with E-state index in [0.29, 0.717) is 11.6 Å². The third-order valence-corrected chi connectivity index (χ3v) is 4.40. The van der Waals surface area contributed by atoms with Gasteiger partial charge in [0.2, 0.25) is 11.0 Å². The van der Waals surface area contributed by atoms with Gasteiger partial charge >= 0.3 is 0 Å². The summed E-state index contributed by atoms with van der Waals surface area (Å²) in [6, 6.07) is 9.95. The van der Waals surface area contributed by atoms with Crippen molar-refractivity contribution >= 4 is 22.4 Å². The molecule has 0 spiro atoms. The van der Waals surface area contributed by atoms with Crippen molar-refractivity contribution in [3.8, 4) is 0 Å². The fourth-order valence-electron chi connectivity index (χ4n) is 2.27. The number of carbonyl (C=O) groups is 1. The van der Waals surface area contributed by atoms with E-state index in [2.05, 4.69) is 38.5 Å². The van der Waals surface area contributed by atoms with Gasteiger partial charge < -0.3 is 0 Å². The van der Waals surface area contributed by atoms with Gasteiger partial charge in [-0.1, -0.05) is 48.6 Å². The van der Waals surface area contributed by atoms with Crippen LogP contribution in [0.3, 0.4) is 0 Å². The van der Waals surface area contributed by atoms with E-state index in [-0.39, 0.29) is 18.0 Å². The number of hydrazine groups is 1. The van der Waals surface area contributed by atoms with E-state index in [1.54, 1.807) is 0 Å². The van der Waals surface area contributed by atoms with Crippen molar-refractivity contribution in [3.05, 3.63) is 40.9 Å². The molecule has 6 nitrogen and oxygen atoms in total. The molecular weight excluding hydrogens is 286 g/mol. The molecule has 0 radical (unpaired) electrons. The Balaban J connectivity index is 1.59. The highest BCUT2D eigenvalue weighted by molar-refractivity contribution is 7.15. The average molecular weight is 303 g/mol. The standard InChI is InChI=1S/C14H17N5OS/c1-2-12-18-19-14(21-12)15-13(20)11-8-10(16-17-11)9-6-4-3-5-7-9/h3-7,10-11,16-17H,2,8H2,1H3,(H,15,19,20). The molecule has 7 heteroatoms. The lowest BCUT2D eigenvalue weighted by Crippen LogP contribution is -2.39. The van der Waals surface area contributed by atoms with Crippen LogP contribution in [0.2, 0.25) is 0 Å². The average Bonchev–Trinajstić information content (AvgIpc) is 3.17. The fraction of sp³-hybridized carbons (Fsp3) is 0.357. The molecule has 2 unspecified atom stereocenters. The number of carbonyl (C=O) groups excluding carboxylic acids is 1. The van der Waals surface area contributed by atoms with Gasteiger partial charge in [0, 0.05) is 6.04 Å². The zero-order valence-corrected chi connectivity index (χ0v) is 12.5. The third-order valence-electron chi connectivity index (χ3n) is 3.42. The molecule has 21 heavy (non-hydrogen) atoms. The number of aromatic nitrogens is 2. The SMILES string of the molecule is CCc1nnc(NC(=O)C2CC(c3ccccc3)NN2)s1. The van der Waals surface area contributed by atoms with E-state index < -0.39 is 0 Å². The van der Waals surface area contributed by atoms with Gasteiger partial charge in [-0.15, -0.1) is 10.2 Å². The maximum absolute atomic E-state index is 12.2. The quantitative estimate of drug-likeness (QED) is 0.800. The van der Waals surface area contributed by atoms with Gasteiger partial charge in [-0.3, -0.25) is 10.1 Å². The molecule has 1 aromatic heterocycles. The fourth-order valence-corrected chi connectivity index (χ4v) is 2.95. The zero-order valence-electron chi connectivity index (χ0n) is 11.7. The normalized spacial score (nSPS) is 21.4. The Labute approximate surface area is 127 Å². The van der Waals surface area contributed by atoms with E-state index in [1.807, 2.05) is 25.1 Å². The second-order valence-corrected chi connectivity index (χ2v) is 5.95. The topological polar surface area (TPSA) is 78.9 Å². The molecule has 2 atom stereocenters. The Bertz CT molecular complexity index is 615. The highest BCUT2D eigenvalue weighted by Gasteiger charge is 2.30. The first kappa shape index (κ1) is 14.1. The lowest BCUT2D eigenvalue weighted by molar-refractivity contribution is -0.117. The number of anilines is 1. The van der Waals surface area contributed by atoms with Crippen LogP contribution in [0.25, 0.3) is 0 Å². The summed E-state index contributed by atoms with van der Waals surface area (Å²) in [4.78, 5) is 12.2. The summed E-state index contributed by atoms with van der Waals surface area (Å²) in [7, 11) is 0. The van der Waals surface area contributed by atoms with Crippen LogP contribution >= 0.6 is 11.3 Å². The molecule has 1 aliphatic heterocycles. The predicted octanol–water partition coefficient (Wildman–Crippen LogP) is 1.65. The van der Waals surface area contributed by atoms with E-state index in [9.17, 15) is 4.79 Å². The van der Waals surface area contributed by atoms with Crippen molar-refractivity contribution in [2.75, 3.05) is 5.32 Å². The van der Waals surface area contributed by atoms with Crippen molar-refractivity contribution in [2.24, 2.45) is 0 Å². The lowest BCUT2D eigenvalue weighted by Gasteiger charge is -2.09. The second-order valence-electron chi connectivity index (χ2n) is 4.88. The Morgan fingerprint density at radius 2 is 2.14 bits per heavy atom. The highest BCUT2D eigenvalue weighted by atomic mass is 32.1. The van der Waals surface area contributed by atoms with Crippen LogP contribution in [0.5, 0.6) is 0 Å². The Hall–Kier alpha value is -1.83. The smallest absolute Gasteiger partial charge is 0.244 e. The number of aryl methyl sites for hydroxylation is 1. The minimum Gasteiger partial charge on any atom is -0.299 e. The molecule has 1 saturated heterocycles. The molecule has 2 heterocycles. The predicted molar refractivity (Wildman–Crippen MR) is 81.8 cm³/mol. The Morgan fingerprint density at radius 1 is 1.33 bits per heavy atom. The van der Waals surface area contributed by atoms with Gasteiger partial charge in [0.25, 0.3) is 0 Å². The van der Waals surface area contributed by atoms with Crippen LogP contribution < -0.4 is 16.2 Å². The number of rotatable bonds is 4. The number of hydrogen-bond donors (Lipinski definition) is 3. The molecule has 0 aliphatic carbocycles. The van der Waals surface area contributed by atoms with Gasteiger partial charge in [-0.05, 0) is 18.4 Å². The monoisotopic (exact) mass is 303 g/mol. The molecule has 1 fully saturated rings. The molecule has 0 saturated carbocycles. The molecule has 110 valence electrons. The van der Waals surface area contributed by atoms with Crippen molar-refractivity contribution in [2.45, 2.75) is 31.8 Å². The van der Waals surface area contributed by atoms with Gasteiger partial charge in [0.1, 0.15) is 11.0 Å². The highest BCUT2D eigenvalue weighted by Crippen LogP contribution is 2.23. The van der Waals surface area contributed by atoms with Crippen LogP contribution in [0, 0.1) is 0 Å². The van der Waals surface area contributed by atoms with Crippen LogP contribution in [0.4, 0.5) is 5.13 Å². The summed E-state index contributed by atoms with van der Waals surface area (Å²) < 4.78 is 0. The summed E-state index contributed by atoms with van der Waals surface area (Å²) in [6.45, 7) is 2.01. The van der Waals surface area contributed by atoms with E-state index in [4.69, 9.17) is 0 Å². The number of amides is 1. The summed E-state index contributed by atoms with van der Waals surface area (Å²) >= 11 is 1.41. The molecule has 1 aliphatic rings. The first-order valence-corrected chi connectivity index (χ1v) is 7.77. The third kappa shape index (κ3) is 3.26. The second kappa shape index (κ2) is 6.30. The van der Waals surface area contributed by atoms with Crippen molar-refractivity contribution in [1.82, 2.24) is 21.0 Å². The van der Waals surface area contributed by atoms with Crippen LogP contribution in [0.15, 0.2) is 30.3 Å². The van der Waals surface area contributed by atoms with E-state index >= 15 is 0 Å². The molecule has 0 bridgehead atoms. The maximum atomic E-state index is 12.2. The van der Waals surface area contributed by atoms with Crippen molar-refractivity contribution < 1.29 is 4.79 Å². The van der Waals surface area contributed by atoms with Gasteiger partial charge in [-0.2, -0.15) is 0 Å².